The van der Waals surface area contributed by atoms with Gasteiger partial charge in [0, 0.05) is 17.8 Å². The van der Waals surface area contributed by atoms with Crippen molar-refractivity contribution in [3.63, 3.8) is 0 Å². The highest BCUT2D eigenvalue weighted by Crippen LogP contribution is 2.29. The van der Waals surface area contributed by atoms with Crippen molar-refractivity contribution >= 4 is 17.2 Å². The quantitative estimate of drug-likeness (QED) is 0.496. The van der Waals surface area contributed by atoms with E-state index in [2.05, 4.69) is 10.4 Å². The Morgan fingerprint density at radius 3 is 2.79 bits per heavy atom. The summed E-state index contributed by atoms with van der Waals surface area (Å²) in [5.41, 5.74) is 1.46. The molecule has 1 aliphatic rings. The van der Waals surface area contributed by atoms with Crippen LogP contribution in [0.15, 0.2) is 30.5 Å². The first-order valence-electron chi connectivity index (χ1n) is 8.12. The number of hydrogen-bond acceptors (Lipinski definition) is 5. The molecule has 0 atom stereocenters. The van der Waals surface area contributed by atoms with Crippen molar-refractivity contribution in [2.24, 2.45) is 0 Å². The number of carbonyl (C=O) groups excluding carboxylic acids is 1. The predicted molar refractivity (Wildman–Crippen MR) is 90.2 cm³/mol. The zero-order valence-corrected chi connectivity index (χ0v) is 13.6. The maximum Gasteiger partial charge on any atom is 0.293 e. The third-order valence-electron chi connectivity index (χ3n) is 4.42. The van der Waals surface area contributed by atoms with Gasteiger partial charge in [-0.2, -0.15) is 5.10 Å². The molecule has 0 aliphatic heterocycles. The van der Waals surface area contributed by atoms with E-state index in [1.165, 1.54) is 25.8 Å². The Morgan fingerprint density at radius 1 is 1.38 bits per heavy atom. The van der Waals surface area contributed by atoms with Gasteiger partial charge in [-0.05, 0) is 38.0 Å². The summed E-state index contributed by atoms with van der Waals surface area (Å²) in [4.78, 5) is 22.1. The highest BCUT2D eigenvalue weighted by molar-refractivity contribution is 5.95. The normalized spacial score (nSPS) is 14.7. The van der Waals surface area contributed by atoms with E-state index in [9.17, 15) is 14.9 Å². The lowest BCUT2D eigenvalue weighted by Crippen LogP contribution is -2.08. The minimum atomic E-state index is -0.480. The van der Waals surface area contributed by atoms with Crippen LogP contribution in [0.1, 0.15) is 54.7 Å². The van der Waals surface area contributed by atoms with Gasteiger partial charge in [0.2, 0.25) is 0 Å². The maximum atomic E-state index is 11.4. The van der Waals surface area contributed by atoms with E-state index in [1.54, 1.807) is 12.1 Å². The molecule has 7 heteroatoms. The summed E-state index contributed by atoms with van der Waals surface area (Å²) in [6.07, 6.45) is 6.78. The molecule has 1 heterocycles. The van der Waals surface area contributed by atoms with E-state index < -0.39 is 4.92 Å². The van der Waals surface area contributed by atoms with Gasteiger partial charge in [-0.15, -0.1) is 0 Å². The number of hydrogen-bond donors (Lipinski definition) is 1. The molecule has 1 aromatic carbocycles. The second-order valence-corrected chi connectivity index (χ2v) is 6.12. The van der Waals surface area contributed by atoms with Gasteiger partial charge in [0.15, 0.2) is 5.78 Å². The number of ketones is 1. The van der Waals surface area contributed by atoms with Gasteiger partial charge >= 0.3 is 0 Å². The lowest BCUT2D eigenvalue weighted by atomic mass is 10.1. The molecule has 0 amide bonds. The molecule has 0 saturated heterocycles. The summed E-state index contributed by atoms with van der Waals surface area (Å²) in [6, 6.07) is 6.88. The van der Waals surface area contributed by atoms with Crippen molar-refractivity contribution in [3.8, 4) is 0 Å². The smallest absolute Gasteiger partial charge is 0.293 e. The van der Waals surface area contributed by atoms with E-state index in [-0.39, 0.29) is 11.5 Å². The molecule has 1 saturated carbocycles. The first-order valence-corrected chi connectivity index (χ1v) is 8.12. The van der Waals surface area contributed by atoms with Crippen LogP contribution in [0.5, 0.6) is 0 Å². The summed E-state index contributed by atoms with van der Waals surface area (Å²) in [5.74, 6) is -0.194. The molecular weight excluding hydrogens is 308 g/mol. The molecule has 1 aromatic heterocycles. The number of aromatic nitrogens is 2. The highest BCUT2D eigenvalue weighted by atomic mass is 16.6. The molecule has 0 spiro atoms. The third kappa shape index (κ3) is 3.45. The number of nitro groups is 1. The second-order valence-electron chi connectivity index (χ2n) is 6.12. The van der Waals surface area contributed by atoms with E-state index >= 15 is 0 Å². The van der Waals surface area contributed by atoms with Crippen LogP contribution >= 0.6 is 0 Å². The summed E-state index contributed by atoms with van der Waals surface area (Å²) in [7, 11) is 0. The van der Waals surface area contributed by atoms with Crippen LogP contribution in [-0.4, -0.2) is 20.5 Å². The maximum absolute atomic E-state index is 11.4. The molecule has 2 aromatic rings. The Kier molecular flexibility index (Phi) is 4.59. The molecule has 24 heavy (non-hydrogen) atoms. The first-order chi connectivity index (χ1) is 11.5. The number of carbonyl (C=O) groups is 1. The Morgan fingerprint density at radius 2 is 2.12 bits per heavy atom. The average Bonchev–Trinajstić information content (AvgIpc) is 3.23. The topological polar surface area (TPSA) is 90.1 Å². The molecule has 1 fully saturated rings. The van der Waals surface area contributed by atoms with Crippen molar-refractivity contribution in [1.82, 2.24) is 9.78 Å². The van der Waals surface area contributed by atoms with Crippen molar-refractivity contribution in [3.05, 3.63) is 51.8 Å². The van der Waals surface area contributed by atoms with E-state index in [0.29, 0.717) is 23.8 Å². The number of nitrogens with zero attached hydrogens (tertiary/aromatic N) is 3. The lowest BCUT2D eigenvalue weighted by molar-refractivity contribution is -0.384. The fraction of sp³-hybridized carbons (Fsp3) is 0.412. The number of Topliss-reactive ketones (excluding diaryl/α,β-unsaturated/α-hetero) is 1. The van der Waals surface area contributed by atoms with Gasteiger partial charge in [0.1, 0.15) is 5.69 Å². The van der Waals surface area contributed by atoms with Crippen LogP contribution in [0.3, 0.4) is 0 Å². The largest absolute Gasteiger partial charge is 0.374 e. The minimum absolute atomic E-state index is 0.0991. The zero-order valence-electron chi connectivity index (χ0n) is 13.6. The first kappa shape index (κ1) is 16.2. The standard InChI is InChI=1S/C17H20N4O3/c1-12(22)13-6-7-16(17(10-13)21(23)24)18-11-14-8-9-20(19-14)15-4-2-3-5-15/h6-10,15,18H,2-5,11H2,1H3. The van der Waals surface area contributed by atoms with Gasteiger partial charge in [-0.1, -0.05) is 12.8 Å². The molecule has 0 radical (unpaired) electrons. The Hall–Kier alpha value is -2.70. The summed E-state index contributed by atoms with van der Waals surface area (Å²) >= 11 is 0. The molecule has 1 N–H and O–H groups in total. The van der Waals surface area contributed by atoms with Crippen LogP contribution in [-0.2, 0) is 6.54 Å². The number of anilines is 1. The van der Waals surface area contributed by atoms with Crippen LogP contribution in [0, 0.1) is 10.1 Å². The second kappa shape index (κ2) is 6.82. The van der Waals surface area contributed by atoms with Crippen molar-refractivity contribution < 1.29 is 9.72 Å². The Balaban J connectivity index is 1.72. The summed E-state index contributed by atoms with van der Waals surface area (Å²) in [6.45, 7) is 1.79. The average molecular weight is 328 g/mol. The van der Waals surface area contributed by atoms with Crippen LogP contribution in [0.2, 0.25) is 0 Å². The lowest BCUT2D eigenvalue weighted by Gasteiger charge is -2.09. The van der Waals surface area contributed by atoms with Crippen LogP contribution < -0.4 is 5.32 Å². The molecule has 126 valence electrons. The van der Waals surface area contributed by atoms with Gasteiger partial charge in [0.05, 0.1) is 23.2 Å². The molecule has 0 unspecified atom stereocenters. The summed E-state index contributed by atoms with van der Waals surface area (Å²) < 4.78 is 2.00. The Bertz CT molecular complexity index is 763. The number of nitrogens with one attached hydrogen (secondary N) is 1. The minimum Gasteiger partial charge on any atom is -0.374 e. The molecule has 7 nitrogen and oxygen atoms in total. The monoisotopic (exact) mass is 328 g/mol. The fourth-order valence-corrected chi connectivity index (χ4v) is 3.08. The number of benzene rings is 1. The predicted octanol–water partition coefficient (Wildman–Crippen LogP) is 3.72. The molecular formula is C17H20N4O3. The van der Waals surface area contributed by atoms with E-state index in [4.69, 9.17) is 0 Å². The van der Waals surface area contributed by atoms with Crippen molar-refractivity contribution in [1.29, 1.82) is 0 Å². The van der Waals surface area contributed by atoms with Gasteiger partial charge in [-0.3, -0.25) is 19.6 Å². The third-order valence-corrected chi connectivity index (χ3v) is 4.42. The summed E-state index contributed by atoms with van der Waals surface area (Å²) in [5, 5.41) is 18.8. The van der Waals surface area contributed by atoms with Crippen LogP contribution in [0.25, 0.3) is 0 Å². The number of rotatable bonds is 6. The van der Waals surface area contributed by atoms with Crippen molar-refractivity contribution in [2.45, 2.75) is 45.2 Å². The van der Waals surface area contributed by atoms with Crippen LogP contribution in [0.4, 0.5) is 11.4 Å². The zero-order chi connectivity index (χ0) is 17.1. The van der Waals surface area contributed by atoms with Crippen molar-refractivity contribution in [2.75, 3.05) is 5.32 Å². The highest BCUT2D eigenvalue weighted by Gasteiger charge is 2.18. The van der Waals surface area contributed by atoms with Gasteiger partial charge < -0.3 is 5.32 Å². The fourth-order valence-electron chi connectivity index (χ4n) is 3.08. The molecule has 3 rings (SSSR count). The van der Waals surface area contributed by atoms with E-state index in [1.807, 2.05) is 16.9 Å². The SMILES string of the molecule is CC(=O)c1ccc(NCc2ccn(C3CCCC3)n2)c([N+](=O)[O-])c1. The molecule has 0 bridgehead atoms. The Labute approximate surface area is 139 Å². The van der Waals surface area contributed by atoms with E-state index in [0.717, 1.165) is 18.5 Å². The molecule has 1 aliphatic carbocycles. The van der Waals surface area contributed by atoms with Gasteiger partial charge in [0.25, 0.3) is 5.69 Å². The van der Waals surface area contributed by atoms with Gasteiger partial charge in [-0.25, -0.2) is 0 Å². The number of nitro benzene ring substituents is 1.